The van der Waals surface area contributed by atoms with Crippen molar-refractivity contribution in [3.8, 4) is 0 Å². The molecule has 0 N–H and O–H groups in total. The SMILES string of the molecule is CCC[N+]1(S(C)(=O)=O)C=CC=CC1. The summed E-state index contributed by atoms with van der Waals surface area (Å²) in [6, 6.07) is 0. The lowest BCUT2D eigenvalue weighted by molar-refractivity contribution is -0.745. The Morgan fingerprint density at radius 2 is 2.08 bits per heavy atom. The van der Waals surface area contributed by atoms with E-state index in [2.05, 4.69) is 0 Å². The van der Waals surface area contributed by atoms with Crippen molar-refractivity contribution in [3.63, 3.8) is 0 Å². The van der Waals surface area contributed by atoms with Gasteiger partial charge in [-0.2, -0.15) is 12.3 Å². The quantitative estimate of drug-likeness (QED) is 0.646. The molecule has 1 atom stereocenters. The standard InChI is InChI=1S/C9H16NO2S/c1-3-7-10(13(2,11)12)8-5-4-6-9-10/h4-6,8H,3,7,9H2,1-2H3/q+1. The fourth-order valence-corrected chi connectivity index (χ4v) is 2.70. The molecule has 0 bridgehead atoms. The first-order chi connectivity index (χ1) is 6.02. The van der Waals surface area contributed by atoms with Gasteiger partial charge in [0, 0.05) is 0 Å². The van der Waals surface area contributed by atoms with Crippen LogP contribution >= 0.6 is 0 Å². The fraction of sp³-hybridized carbons (Fsp3) is 0.556. The van der Waals surface area contributed by atoms with Crippen molar-refractivity contribution < 1.29 is 12.3 Å². The van der Waals surface area contributed by atoms with Gasteiger partial charge in [-0.3, -0.25) is 0 Å². The van der Waals surface area contributed by atoms with Gasteiger partial charge in [-0.15, -0.1) is 0 Å². The van der Waals surface area contributed by atoms with Gasteiger partial charge in [0.1, 0.15) is 12.7 Å². The third kappa shape index (κ3) is 2.00. The second-order valence-electron chi connectivity index (χ2n) is 3.36. The monoisotopic (exact) mass is 202 g/mol. The zero-order valence-electron chi connectivity index (χ0n) is 8.10. The average Bonchev–Trinajstić information content (AvgIpc) is 2.04. The summed E-state index contributed by atoms with van der Waals surface area (Å²) < 4.78 is 23.2. The van der Waals surface area contributed by atoms with Crippen molar-refractivity contribution in [1.82, 2.24) is 0 Å². The summed E-state index contributed by atoms with van der Waals surface area (Å²) in [5, 5.41) is 0. The van der Waals surface area contributed by atoms with Gasteiger partial charge in [-0.05, 0) is 18.6 Å². The highest BCUT2D eigenvalue weighted by Gasteiger charge is 2.34. The van der Waals surface area contributed by atoms with E-state index in [0.717, 1.165) is 6.42 Å². The van der Waals surface area contributed by atoms with Crippen molar-refractivity contribution in [2.45, 2.75) is 13.3 Å². The van der Waals surface area contributed by atoms with E-state index in [1.54, 1.807) is 12.3 Å². The van der Waals surface area contributed by atoms with Crippen molar-refractivity contribution >= 4 is 10.0 Å². The minimum atomic E-state index is -3.05. The van der Waals surface area contributed by atoms with Gasteiger partial charge in [0.25, 0.3) is 10.0 Å². The van der Waals surface area contributed by atoms with Crippen molar-refractivity contribution in [2.24, 2.45) is 0 Å². The molecule has 0 saturated heterocycles. The molecule has 0 spiro atoms. The Morgan fingerprint density at radius 1 is 1.38 bits per heavy atom. The third-order valence-corrected chi connectivity index (χ3v) is 4.06. The lowest BCUT2D eigenvalue weighted by Gasteiger charge is -2.31. The number of hydrogen-bond donors (Lipinski definition) is 0. The van der Waals surface area contributed by atoms with Crippen LogP contribution < -0.4 is 0 Å². The third-order valence-electron chi connectivity index (χ3n) is 2.28. The van der Waals surface area contributed by atoms with Crippen LogP contribution in [0.4, 0.5) is 0 Å². The van der Waals surface area contributed by atoms with Crippen LogP contribution in [0.15, 0.2) is 24.4 Å². The van der Waals surface area contributed by atoms with Crippen LogP contribution in [0.2, 0.25) is 0 Å². The average molecular weight is 202 g/mol. The summed E-state index contributed by atoms with van der Waals surface area (Å²) in [5.41, 5.74) is 0. The summed E-state index contributed by atoms with van der Waals surface area (Å²) in [4.78, 5) is 0. The van der Waals surface area contributed by atoms with Gasteiger partial charge >= 0.3 is 0 Å². The molecule has 0 radical (unpaired) electrons. The van der Waals surface area contributed by atoms with Gasteiger partial charge in [0.15, 0.2) is 0 Å². The summed E-state index contributed by atoms with van der Waals surface area (Å²) >= 11 is 0. The first kappa shape index (κ1) is 10.5. The van der Waals surface area contributed by atoms with E-state index < -0.39 is 10.0 Å². The van der Waals surface area contributed by atoms with E-state index in [-0.39, 0.29) is 3.89 Å². The molecule has 1 aliphatic rings. The minimum Gasteiger partial charge on any atom is -0.190 e. The Kier molecular flexibility index (Phi) is 2.93. The summed E-state index contributed by atoms with van der Waals surface area (Å²) in [6.45, 7) is 3.21. The van der Waals surface area contributed by atoms with Crippen LogP contribution in [0.3, 0.4) is 0 Å². The largest absolute Gasteiger partial charge is 0.298 e. The molecule has 0 aromatic carbocycles. The van der Waals surface area contributed by atoms with E-state index in [1.807, 2.05) is 19.1 Å². The van der Waals surface area contributed by atoms with Gasteiger partial charge in [-0.25, -0.2) is 0 Å². The lowest BCUT2D eigenvalue weighted by atomic mass is 10.3. The van der Waals surface area contributed by atoms with E-state index in [9.17, 15) is 8.42 Å². The summed E-state index contributed by atoms with van der Waals surface area (Å²) in [5.74, 6) is 0. The number of quaternary nitrogens is 1. The Morgan fingerprint density at radius 3 is 2.46 bits per heavy atom. The van der Waals surface area contributed by atoms with E-state index >= 15 is 0 Å². The molecule has 74 valence electrons. The predicted octanol–water partition coefficient (Wildman–Crippen LogP) is 1.26. The Hall–Kier alpha value is -0.610. The zero-order valence-corrected chi connectivity index (χ0v) is 8.92. The summed E-state index contributed by atoms with van der Waals surface area (Å²) in [6.07, 6.45) is 9.52. The van der Waals surface area contributed by atoms with Crippen LogP contribution in [0, 0.1) is 0 Å². The first-order valence-corrected chi connectivity index (χ1v) is 6.28. The van der Waals surface area contributed by atoms with Crippen LogP contribution in [0.25, 0.3) is 0 Å². The fourth-order valence-electron chi connectivity index (χ4n) is 1.54. The Bertz CT molecular complexity index is 330. The molecule has 0 aliphatic carbocycles. The highest BCUT2D eigenvalue weighted by Crippen LogP contribution is 2.19. The Labute approximate surface area is 80.0 Å². The second kappa shape index (κ2) is 3.64. The zero-order chi connectivity index (χ0) is 9.95. The maximum Gasteiger partial charge on any atom is 0.298 e. The first-order valence-electron chi connectivity index (χ1n) is 4.43. The molecular weight excluding hydrogens is 186 g/mol. The van der Waals surface area contributed by atoms with E-state index in [4.69, 9.17) is 0 Å². The minimum absolute atomic E-state index is 0.0694. The van der Waals surface area contributed by atoms with Gasteiger partial charge in [0.05, 0.1) is 12.8 Å². The summed E-state index contributed by atoms with van der Waals surface area (Å²) in [7, 11) is -3.05. The topological polar surface area (TPSA) is 34.1 Å². The van der Waals surface area contributed by atoms with Gasteiger partial charge in [0.2, 0.25) is 0 Å². The number of hydrogen-bond acceptors (Lipinski definition) is 2. The maximum atomic E-state index is 11.6. The molecule has 1 unspecified atom stereocenters. The molecule has 0 aromatic rings. The molecule has 3 nitrogen and oxygen atoms in total. The number of nitrogens with zero attached hydrogens (tertiary/aromatic N) is 1. The normalized spacial score (nSPS) is 27.8. The molecular formula is C9H16NO2S+. The van der Waals surface area contributed by atoms with Crippen molar-refractivity contribution in [2.75, 3.05) is 19.3 Å². The molecule has 1 aliphatic heterocycles. The molecule has 13 heavy (non-hydrogen) atoms. The van der Waals surface area contributed by atoms with Crippen LogP contribution in [0.5, 0.6) is 0 Å². The molecule has 0 saturated carbocycles. The molecule has 4 heteroatoms. The predicted molar refractivity (Wildman–Crippen MR) is 53.4 cm³/mol. The van der Waals surface area contributed by atoms with E-state index in [0.29, 0.717) is 13.1 Å². The number of sulfonamides is 1. The molecule has 1 heterocycles. The van der Waals surface area contributed by atoms with E-state index in [1.165, 1.54) is 6.26 Å². The van der Waals surface area contributed by atoms with Gasteiger partial charge in [-0.1, -0.05) is 13.0 Å². The van der Waals surface area contributed by atoms with Crippen LogP contribution in [0.1, 0.15) is 13.3 Å². The van der Waals surface area contributed by atoms with Crippen molar-refractivity contribution in [1.29, 1.82) is 0 Å². The molecule has 0 amide bonds. The molecule has 0 aromatic heterocycles. The smallest absolute Gasteiger partial charge is 0.190 e. The van der Waals surface area contributed by atoms with Crippen molar-refractivity contribution in [3.05, 3.63) is 24.4 Å². The number of allylic oxidation sites excluding steroid dienone is 2. The lowest BCUT2D eigenvalue weighted by Crippen LogP contribution is -2.48. The molecule has 1 rings (SSSR count). The Balaban J connectivity index is 3.03. The number of rotatable bonds is 3. The second-order valence-corrected chi connectivity index (χ2v) is 5.55. The highest BCUT2D eigenvalue weighted by atomic mass is 32.2. The highest BCUT2D eigenvalue weighted by molar-refractivity contribution is 7.85. The van der Waals surface area contributed by atoms with Crippen LogP contribution in [-0.4, -0.2) is 31.7 Å². The molecule has 0 fully saturated rings. The maximum absolute atomic E-state index is 11.6. The van der Waals surface area contributed by atoms with Crippen LogP contribution in [-0.2, 0) is 10.0 Å². The van der Waals surface area contributed by atoms with Gasteiger partial charge < -0.3 is 0 Å².